The van der Waals surface area contributed by atoms with Gasteiger partial charge in [0.25, 0.3) is 5.91 Å². The Labute approximate surface area is 336 Å². The van der Waals surface area contributed by atoms with Gasteiger partial charge in [-0.05, 0) is 43.7 Å². The van der Waals surface area contributed by atoms with E-state index in [1.54, 1.807) is 23.4 Å². The van der Waals surface area contributed by atoms with Crippen LogP contribution in [-0.4, -0.2) is 98.9 Å². The smallest absolute Gasteiger partial charge is 0.328 e. The van der Waals surface area contributed by atoms with Crippen LogP contribution in [0.3, 0.4) is 0 Å². The van der Waals surface area contributed by atoms with E-state index in [4.69, 9.17) is 26.7 Å². The molecule has 4 amide bonds. The van der Waals surface area contributed by atoms with Crippen molar-refractivity contribution in [3.8, 4) is 11.8 Å². The lowest BCUT2D eigenvalue weighted by Crippen LogP contribution is -2.74. The summed E-state index contributed by atoms with van der Waals surface area (Å²) >= 11 is 6.18. The van der Waals surface area contributed by atoms with Crippen molar-refractivity contribution in [1.29, 1.82) is 5.26 Å². The number of halogens is 1. The molecule has 6 heterocycles. The minimum atomic E-state index is -0.418. The van der Waals surface area contributed by atoms with Crippen LogP contribution >= 0.6 is 11.6 Å². The van der Waals surface area contributed by atoms with Crippen molar-refractivity contribution in [2.75, 3.05) is 49.1 Å². The van der Waals surface area contributed by atoms with Gasteiger partial charge >= 0.3 is 6.03 Å². The average molecular weight is 794 g/mol. The molecule has 3 aliphatic heterocycles. The van der Waals surface area contributed by atoms with Crippen LogP contribution in [0.15, 0.2) is 49.1 Å². The van der Waals surface area contributed by atoms with E-state index in [1.807, 2.05) is 52.1 Å². The molecule has 4 aliphatic rings. The molecule has 0 unspecified atom stereocenters. The van der Waals surface area contributed by atoms with Crippen LogP contribution in [0, 0.1) is 28.1 Å². The molecular formula is C41H48ClN11O4. The van der Waals surface area contributed by atoms with E-state index in [0.717, 1.165) is 80.7 Å². The maximum Gasteiger partial charge on any atom is 0.328 e. The van der Waals surface area contributed by atoms with E-state index in [9.17, 15) is 14.4 Å². The number of nitriles is 1. The van der Waals surface area contributed by atoms with Crippen molar-refractivity contribution in [2.24, 2.45) is 16.7 Å². The molecule has 0 radical (unpaired) electrons. The number of fused-ring (bicyclic) bond motifs is 1. The lowest BCUT2D eigenvalue weighted by Gasteiger charge is -2.62. The number of likely N-dealkylation sites (tertiary alicyclic amines) is 1. The number of rotatable bonds is 9. The van der Waals surface area contributed by atoms with Crippen molar-refractivity contribution in [1.82, 2.24) is 40.3 Å². The third kappa shape index (κ3) is 7.36. The van der Waals surface area contributed by atoms with Gasteiger partial charge in [-0.2, -0.15) is 10.4 Å². The van der Waals surface area contributed by atoms with E-state index in [2.05, 4.69) is 46.1 Å². The van der Waals surface area contributed by atoms with Gasteiger partial charge in [0.1, 0.15) is 17.9 Å². The summed E-state index contributed by atoms with van der Waals surface area (Å²) in [5.41, 5.74) is 2.02. The normalized spacial score (nSPS) is 22.8. The van der Waals surface area contributed by atoms with Gasteiger partial charge in [0.15, 0.2) is 5.69 Å². The summed E-state index contributed by atoms with van der Waals surface area (Å²) in [6, 6.07) is 9.18. The molecule has 4 aromatic rings. The number of carbonyl (C=O) groups is 3. The molecule has 4 fully saturated rings. The summed E-state index contributed by atoms with van der Waals surface area (Å²) in [5.74, 6) is 0.640. The van der Waals surface area contributed by atoms with Crippen molar-refractivity contribution in [2.45, 2.75) is 78.0 Å². The number of nitrogens with zero attached hydrogens (tertiary/aromatic N) is 9. The Morgan fingerprint density at radius 3 is 2.37 bits per heavy atom. The van der Waals surface area contributed by atoms with Gasteiger partial charge in [-0.3, -0.25) is 24.5 Å². The number of anilines is 2. The van der Waals surface area contributed by atoms with E-state index >= 15 is 0 Å². The highest BCUT2D eigenvalue weighted by atomic mass is 35.5. The first-order chi connectivity index (χ1) is 27.3. The van der Waals surface area contributed by atoms with E-state index in [1.165, 1.54) is 6.20 Å². The Balaban J connectivity index is 0.800. The molecule has 0 spiro atoms. The number of benzene rings is 1. The number of ether oxygens (including phenoxy) is 1. The zero-order valence-electron chi connectivity index (χ0n) is 32.7. The quantitative estimate of drug-likeness (QED) is 0.223. The zero-order valence-corrected chi connectivity index (χ0v) is 33.5. The first kappa shape index (κ1) is 38.5. The highest BCUT2D eigenvalue weighted by Crippen LogP contribution is 2.55. The zero-order chi connectivity index (χ0) is 40.1. The van der Waals surface area contributed by atoms with Gasteiger partial charge in [0.2, 0.25) is 11.7 Å². The molecule has 57 heavy (non-hydrogen) atoms. The number of pyridine rings is 1. The second kappa shape index (κ2) is 15.2. The largest absolute Gasteiger partial charge is 0.487 e. The minimum Gasteiger partial charge on any atom is -0.487 e. The molecule has 3 aromatic heterocycles. The number of hydrogen-bond acceptors (Lipinski definition) is 11. The lowest BCUT2D eigenvalue weighted by molar-refractivity contribution is -0.164. The number of nitrogens with one attached hydrogen (secondary N) is 2. The molecule has 16 heteroatoms. The fourth-order valence-electron chi connectivity index (χ4n) is 9.76. The molecule has 0 atom stereocenters. The number of urea groups is 1. The predicted octanol–water partition coefficient (Wildman–Crippen LogP) is 5.36. The van der Waals surface area contributed by atoms with Crippen LogP contribution in [0.2, 0.25) is 5.02 Å². The third-order valence-corrected chi connectivity index (χ3v) is 12.8. The van der Waals surface area contributed by atoms with E-state index in [-0.39, 0.29) is 59.0 Å². The van der Waals surface area contributed by atoms with E-state index < -0.39 is 10.8 Å². The molecule has 15 nitrogen and oxygen atoms in total. The first-order valence-corrected chi connectivity index (χ1v) is 20.1. The molecule has 298 valence electrons. The predicted molar refractivity (Wildman–Crippen MR) is 214 cm³/mol. The lowest BCUT2D eigenvalue weighted by atomic mass is 9.49. The molecule has 2 N–H and O–H groups in total. The van der Waals surface area contributed by atoms with Crippen molar-refractivity contribution >= 4 is 51.7 Å². The summed E-state index contributed by atoms with van der Waals surface area (Å²) in [5, 5.41) is 20.7. The molecule has 3 saturated heterocycles. The van der Waals surface area contributed by atoms with Gasteiger partial charge in [0.05, 0.1) is 52.7 Å². The Hall–Kier alpha value is -5.33. The fourth-order valence-corrected chi connectivity index (χ4v) is 9.96. The monoisotopic (exact) mass is 793 g/mol. The fraction of sp³-hybridized carbons (Fsp3) is 0.512. The molecule has 0 bridgehead atoms. The summed E-state index contributed by atoms with van der Waals surface area (Å²) in [6.07, 6.45) is 11.0. The van der Waals surface area contributed by atoms with Gasteiger partial charge in [-0.15, -0.1) is 0 Å². The summed E-state index contributed by atoms with van der Waals surface area (Å²) in [6.45, 7) is 13.5. The molecule has 1 aliphatic carbocycles. The second-order valence-corrected chi connectivity index (χ2v) is 17.3. The van der Waals surface area contributed by atoms with Gasteiger partial charge in [-0.1, -0.05) is 45.4 Å². The number of piperidine rings is 2. The Kier molecular flexibility index (Phi) is 10.3. The Morgan fingerprint density at radius 1 is 0.982 bits per heavy atom. The Morgan fingerprint density at radius 2 is 1.70 bits per heavy atom. The number of hydrogen-bond donors (Lipinski definition) is 2. The average Bonchev–Trinajstić information content (AvgIpc) is 3.64. The number of carbonyl (C=O) groups excluding carboxylic acids is 3. The van der Waals surface area contributed by atoms with Gasteiger partial charge < -0.3 is 19.9 Å². The number of imide groups is 1. The SMILES string of the molecule is CC1(C)C(NC(=O)c2ncc(N3CCC(CN4CCC(n5ncc6c(N7CCC(=O)NC7=O)cccc65)CC4)CC3)cn2)C(C)(C)C1Oc1cnc(C#N)c(Cl)c1. The highest BCUT2D eigenvalue weighted by molar-refractivity contribution is 6.31. The Bertz CT molecular complexity index is 2200. The van der Waals surface area contributed by atoms with Crippen LogP contribution < -0.4 is 25.2 Å². The maximum atomic E-state index is 13.4. The summed E-state index contributed by atoms with van der Waals surface area (Å²) < 4.78 is 8.42. The topological polar surface area (TPSA) is 174 Å². The molecule has 1 aromatic carbocycles. The van der Waals surface area contributed by atoms with E-state index in [0.29, 0.717) is 18.2 Å². The van der Waals surface area contributed by atoms with Crippen LogP contribution in [-0.2, 0) is 4.79 Å². The van der Waals surface area contributed by atoms with Crippen LogP contribution in [0.25, 0.3) is 10.9 Å². The minimum absolute atomic E-state index is 0.131. The molecule has 1 saturated carbocycles. The highest BCUT2D eigenvalue weighted by Gasteiger charge is 2.64. The van der Waals surface area contributed by atoms with Crippen LogP contribution in [0.5, 0.6) is 5.75 Å². The first-order valence-electron chi connectivity index (χ1n) is 19.7. The van der Waals surface area contributed by atoms with Crippen LogP contribution in [0.1, 0.15) is 82.2 Å². The van der Waals surface area contributed by atoms with Crippen LogP contribution in [0.4, 0.5) is 16.2 Å². The summed E-state index contributed by atoms with van der Waals surface area (Å²) in [4.78, 5) is 57.2. The summed E-state index contributed by atoms with van der Waals surface area (Å²) in [7, 11) is 0. The molecule has 8 rings (SSSR count). The maximum absolute atomic E-state index is 13.4. The van der Waals surface area contributed by atoms with Crippen molar-refractivity contribution < 1.29 is 19.1 Å². The van der Waals surface area contributed by atoms with Gasteiger partial charge in [-0.25, -0.2) is 19.7 Å². The van der Waals surface area contributed by atoms with Crippen molar-refractivity contribution in [3.05, 3.63) is 65.6 Å². The number of amides is 4. The number of aromatic nitrogens is 5. The molecular weight excluding hydrogens is 746 g/mol. The second-order valence-electron chi connectivity index (χ2n) is 16.9. The standard InChI is InChI=1S/C41H48ClN11O4/c1-40(2)37(41(3,4)38(40)57-28-18-30(42)31(19-43)44-22-28)49-36(55)35-45-20-27(21-46-35)51-15-8-25(9-16-51)24-50-13-10-26(11-14-50)53-33-7-5-6-32(29(33)23-47-53)52-17-12-34(54)48-39(52)56/h5-7,18,20-23,25-26,37-38H,8-17,24H2,1-4H3,(H,49,55)(H,48,54,56). The van der Waals surface area contributed by atoms with Gasteiger partial charge in [0, 0.05) is 74.0 Å². The van der Waals surface area contributed by atoms with Crippen molar-refractivity contribution in [3.63, 3.8) is 0 Å². The third-order valence-electron chi connectivity index (χ3n) is 12.5.